The molecule has 1 aliphatic heterocycles. The van der Waals surface area contributed by atoms with Crippen molar-refractivity contribution in [1.29, 1.82) is 0 Å². The second kappa shape index (κ2) is 6.13. The molecule has 122 valence electrons. The Morgan fingerprint density at radius 3 is 2.35 bits per heavy atom. The van der Waals surface area contributed by atoms with Gasteiger partial charge in [0.15, 0.2) is 0 Å². The van der Waals surface area contributed by atoms with Gasteiger partial charge in [-0.1, -0.05) is 12.1 Å². The summed E-state index contributed by atoms with van der Waals surface area (Å²) in [6.45, 7) is 4.79. The summed E-state index contributed by atoms with van der Waals surface area (Å²) in [6.07, 6.45) is 1.75. The predicted molar refractivity (Wildman–Crippen MR) is 89.0 cm³/mol. The maximum Gasteiger partial charge on any atom is 0.240 e. The third kappa shape index (κ3) is 3.43. The third-order valence-corrected chi connectivity index (χ3v) is 4.84. The summed E-state index contributed by atoms with van der Waals surface area (Å²) < 4.78 is 23.5. The number of benzene rings is 1. The third-order valence-electron chi connectivity index (χ3n) is 3.88. The largest absolute Gasteiger partial charge is 0.367 e. The predicted octanol–water partition coefficient (Wildman–Crippen LogP) is 0.759. The summed E-state index contributed by atoms with van der Waals surface area (Å²) in [7, 11) is -3.73. The van der Waals surface area contributed by atoms with Crippen molar-refractivity contribution in [2.24, 2.45) is 5.14 Å². The van der Waals surface area contributed by atoms with Crippen molar-refractivity contribution in [2.75, 3.05) is 36.0 Å². The Morgan fingerprint density at radius 2 is 1.70 bits per heavy atom. The molecule has 7 nitrogen and oxygen atoms in total. The van der Waals surface area contributed by atoms with E-state index in [1.807, 2.05) is 24.0 Å². The van der Waals surface area contributed by atoms with Gasteiger partial charge in [-0.25, -0.2) is 23.5 Å². The Bertz CT molecular complexity index is 801. The smallest absolute Gasteiger partial charge is 0.240 e. The summed E-state index contributed by atoms with van der Waals surface area (Å²) in [6, 6.07) is 8.74. The maximum absolute atomic E-state index is 11.7. The fraction of sp³-hybridized carbons (Fsp3) is 0.333. The molecule has 0 spiro atoms. The van der Waals surface area contributed by atoms with Crippen LogP contribution in [0.2, 0.25) is 0 Å². The average Bonchev–Trinajstić information content (AvgIpc) is 2.54. The summed E-state index contributed by atoms with van der Waals surface area (Å²) in [5.74, 6) is 1.64. The lowest BCUT2D eigenvalue weighted by atomic mass is 10.2. The quantitative estimate of drug-likeness (QED) is 0.891. The molecule has 2 heterocycles. The van der Waals surface area contributed by atoms with Crippen LogP contribution in [-0.2, 0) is 10.0 Å². The van der Waals surface area contributed by atoms with Gasteiger partial charge in [0, 0.05) is 32.4 Å². The molecule has 1 aromatic carbocycles. The molecule has 8 heteroatoms. The van der Waals surface area contributed by atoms with Gasteiger partial charge in [-0.3, -0.25) is 0 Å². The number of piperazine rings is 1. The van der Waals surface area contributed by atoms with Gasteiger partial charge in [-0.2, -0.15) is 0 Å². The van der Waals surface area contributed by atoms with Crippen molar-refractivity contribution < 1.29 is 8.42 Å². The van der Waals surface area contributed by atoms with Gasteiger partial charge in [0.2, 0.25) is 10.0 Å². The lowest BCUT2D eigenvalue weighted by molar-refractivity contribution is 0.595. The lowest BCUT2D eigenvalue weighted by Gasteiger charge is -2.37. The molecule has 3 rings (SSSR count). The zero-order valence-electron chi connectivity index (χ0n) is 12.9. The molecule has 1 fully saturated rings. The van der Waals surface area contributed by atoms with Crippen molar-refractivity contribution in [1.82, 2.24) is 9.97 Å². The Labute approximate surface area is 135 Å². The van der Waals surface area contributed by atoms with Crippen molar-refractivity contribution in [3.8, 4) is 0 Å². The number of rotatable bonds is 3. The van der Waals surface area contributed by atoms with Crippen LogP contribution < -0.4 is 14.9 Å². The van der Waals surface area contributed by atoms with Crippen LogP contribution in [0.3, 0.4) is 0 Å². The van der Waals surface area contributed by atoms with E-state index in [-0.39, 0.29) is 4.90 Å². The number of sulfonamides is 1. The SMILES string of the molecule is Cc1nccc(N2CCN(c3ccccc3S(N)(=O)=O)CC2)n1. The van der Waals surface area contributed by atoms with Gasteiger partial charge in [0.25, 0.3) is 0 Å². The molecule has 0 atom stereocenters. The summed E-state index contributed by atoms with van der Waals surface area (Å²) in [5, 5.41) is 5.32. The van der Waals surface area contributed by atoms with E-state index in [4.69, 9.17) is 5.14 Å². The molecule has 0 unspecified atom stereocenters. The van der Waals surface area contributed by atoms with Crippen LogP contribution in [-0.4, -0.2) is 44.6 Å². The minimum atomic E-state index is -3.73. The molecule has 2 aromatic rings. The molecule has 0 saturated carbocycles. The molecule has 1 saturated heterocycles. The number of hydrogen-bond acceptors (Lipinski definition) is 6. The fourth-order valence-electron chi connectivity index (χ4n) is 2.76. The topological polar surface area (TPSA) is 92.4 Å². The number of nitrogens with two attached hydrogens (primary N) is 1. The normalized spacial score (nSPS) is 15.7. The van der Waals surface area contributed by atoms with Crippen molar-refractivity contribution in [2.45, 2.75) is 11.8 Å². The summed E-state index contributed by atoms with van der Waals surface area (Å²) in [4.78, 5) is 12.9. The van der Waals surface area contributed by atoms with Crippen LogP contribution in [0.15, 0.2) is 41.4 Å². The maximum atomic E-state index is 11.7. The van der Waals surface area contributed by atoms with E-state index in [2.05, 4.69) is 14.9 Å². The standard InChI is InChI=1S/C15H19N5O2S/c1-12-17-7-6-15(18-12)20-10-8-19(9-11-20)13-4-2-3-5-14(13)23(16,21)22/h2-7H,8-11H2,1H3,(H2,16,21,22). The molecule has 2 N–H and O–H groups in total. The van der Waals surface area contributed by atoms with Crippen LogP contribution in [0.1, 0.15) is 5.82 Å². The number of anilines is 2. The van der Waals surface area contributed by atoms with E-state index in [1.54, 1.807) is 24.4 Å². The van der Waals surface area contributed by atoms with Crippen LogP contribution in [0.4, 0.5) is 11.5 Å². The second-order valence-corrected chi connectivity index (χ2v) is 6.98. The first-order chi connectivity index (χ1) is 10.9. The highest BCUT2D eigenvalue weighted by atomic mass is 32.2. The molecule has 1 aliphatic rings. The van der Waals surface area contributed by atoms with Gasteiger partial charge >= 0.3 is 0 Å². The molecular weight excluding hydrogens is 314 g/mol. The summed E-state index contributed by atoms with van der Waals surface area (Å²) >= 11 is 0. The number of aromatic nitrogens is 2. The van der Waals surface area contributed by atoms with Crippen LogP contribution in [0, 0.1) is 6.92 Å². The first-order valence-electron chi connectivity index (χ1n) is 7.36. The summed E-state index contributed by atoms with van der Waals surface area (Å²) in [5.41, 5.74) is 0.661. The second-order valence-electron chi connectivity index (χ2n) is 5.45. The Balaban J connectivity index is 1.78. The van der Waals surface area contributed by atoms with Crippen LogP contribution in [0.5, 0.6) is 0 Å². The number of hydrogen-bond donors (Lipinski definition) is 1. The average molecular weight is 333 g/mol. The zero-order valence-corrected chi connectivity index (χ0v) is 13.7. The number of primary sulfonamides is 1. The molecule has 0 aliphatic carbocycles. The Morgan fingerprint density at radius 1 is 1.04 bits per heavy atom. The molecule has 0 radical (unpaired) electrons. The molecule has 23 heavy (non-hydrogen) atoms. The zero-order chi connectivity index (χ0) is 16.4. The highest BCUT2D eigenvalue weighted by Crippen LogP contribution is 2.25. The highest BCUT2D eigenvalue weighted by molar-refractivity contribution is 7.89. The van der Waals surface area contributed by atoms with Crippen LogP contribution in [0.25, 0.3) is 0 Å². The first-order valence-corrected chi connectivity index (χ1v) is 8.91. The highest BCUT2D eigenvalue weighted by Gasteiger charge is 2.23. The fourth-order valence-corrected chi connectivity index (χ4v) is 3.51. The Hall–Kier alpha value is -2.19. The van der Waals surface area contributed by atoms with E-state index in [0.29, 0.717) is 18.8 Å². The Kier molecular flexibility index (Phi) is 4.18. The van der Waals surface area contributed by atoms with Gasteiger partial charge in [-0.15, -0.1) is 0 Å². The minimum absolute atomic E-state index is 0.173. The number of nitrogens with zero attached hydrogens (tertiary/aromatic N) is 4. The van der Waals surface area contributed by atoms with Gasteiger partial charge in [0.05, 0.1) is 5.69 Å². The number of para-hydroxylation sites is 1. The number of aryl methyl sites for hydroxylation is 1. The lowest BCUT2D eigenvalue weighted by Crippen LogP contribution is -2.47. The van der Waals surface area contributed by atoms with Crippen molar-refractivity contribution in [3.05, 3.63) is 42.4 Å². The molecule has 1 aromatic heterocycles. The van der Waals surface area contributed by atoms with Crippen molar-refractivity contribution >= 4 is 21.5 Å². The van der Waals surface area contributed by atoms with E-state index in [9.17, 15) is 8.42 Å². The van der Waals surface area contributed by atoms with Gasteiger partial charge in [-0.05, 0) is 25.1 Å². The molecule has 0 bridgehead atoms. The van der Waals surface area contributed by atoms with Crippen molar-refractivity contribution in [3.63, 3.8) is 0 Å². The van der Waals surface area contributed by atoms with E-state index in [1.165, 1.54) is 0 Å². The van der Waals surface area contributed by atoms with Gasteiger partial charge in [0.1, 0.15) is 16.5 Å². The van der Waals surface area contributed by atoms with E-state index < -0.39 is 10.0 Å². The molecule has 0 amide bonds. The van der Waals surface area contributed by atoms with E-state index in [0.717, 1.165) is 24.7 Å². The van der Waals surface area contributed by atoms with Crippen LogP contribution >= 0.6 is 0 Å². The van der Waals surface area contributed by atoms with Gasteiger partial charge < -0.3 is 9.80 Å². The monoisotopic (exact) mass is 333 g/mol. The molecular formula is C15H19N5O2S. The van der Waals surface area contributed by atoms with E-state index >= 15 is 0 Å². The minimum Gasteiger partial charge on any atom is -0.367 e. The first kappa shape index (κ1) is 15.7.